The van der Waals surface area contributed by atoms with Crippen molar-refractivity contribution in [2.45, 2.75) is 24.8 Å². The summed E-state index contributed by atoms with van der Waals surface area (Å²) in [5.74, 6) is 2.87. The molecule has 3 heteroatoms. The van der Waals surface area contributed by atoms with Gasteiger partial charge < -0.3 is 4.98 Å². The van der Waals surface area contributed by atoms with Crippen LogP contribution in [0, 0.1) is 5.92 Å². The van der Waals surface area contributed by atoms with Crippen molar-refractivity contribution in [3.63, 3.8) is 0 Å². The van der Waals surface area contributed by atoms with Gasteiger partial charge in [-0.3, -0.25) is 0 Å². The van der Waals surface area contributed by atoms with E-state index in [0.717, 1.165) is 17.4 Å². The Kier molecular flexibility index (Phi) is 4.86. The Morgan fingerprint density at radius 3 is 2.88 bits per heavy atom. The lowest BCUT2D eigenvalue weighted by molar-refractivity contribution is 0.595. The molecule has 2 aromatic rings. The summed E-state index contributed by atoms with van der Waals surface area (Å²) < 4.78 is 0. The van der Waals surface area contributed by atoms with E-state index in [1.165, 1.54) is 28.8 Å². The molecule has 17 heavy (non-hydrogen) atoms. The summed E-state index contributed by atoms with van der Waals surface area (Å²) in [6.07, 6.45) is 2.52. The summed E-state index contributed by atoms with van der Waals surface area (Å²) in [4.78, 5) is 3.46. The zero-order valence-corrected chi connectivity index (χ0v) is 11.9. The largest absolute Gasteiger partial charge is 0.350 e. The Morgan fingerprint density at radius 1 is 1.35 bits per heavy atom. The summed E-state index contributed by atoms with van der Waals surface area (Å²) in [7, 11) is 0. The first-order valence-electron chi connectivity index (χ1n) is 6.15. The molecule has 0 aliphatic carbocycles. The standard InChI is InChI=1S/C14H19NS2/c1-2-5-11(9-16)10-17-14-8-12-6-3-4-7-13(12)15-14/h3-4,6-8,11,15-16H,2,5,9-10H2,1H3. The molecule has 0 aliphatic heterocycles. The number of aromatic amines is 1. The van der Waals surface area contributed by atoms with E-state index in [4.69, 9.17) is 0 Å². The topological polar surface area (TPSA) is 15.8 Å². The Bertz CT molecular complexity index is 431. The maximum atomic E-state index is 4.42. The van der Waals surface area contributed by atoms with Crippen molar-refractivity contribution >= 4 is 35.3 Å². The highest BCUT2D eigenvalue weighted by Gasteiger charge is 2.07. The molecule has 0 radical (unpaired) electrons. The molecule has 0 bridgehead atoms. The average molecular weight is 265 g/mol. The van der Waals surface area contributed by atoms with Crippen LogP contribution in [0.1, 0.15) is 19.8 Å². The summed E-state index contributed by atoms with van der Waals surface area (Å²) in [6, 6.07) is 10.7. The SMILES string of the molecule is CCCC(CS)CSc1cc2ccccc2[nH]1. The fourth-order valence-corrected chi connectivity index (χ4v) is 3.55. The molecule has 2 rings (SSSR count). The Hall–Kier alpha value is -0.540. The molecule has 0 saturated carbocycles. The van der Waals surface area contributed by atoms with Gasteiger partial charge in [0.15, 0.2) is 0 Å². The van der Waals surface area contributed by atoms with E-state index in [2.05, 4.69) is 54.9 Å². The van der Waals surface area contributed by atoms with Gasteiger partial charge in [-0.25, -0.2) is 0 Å². The number of thioether (sulfide) groups is 1. The lowest BCUT2D eigenvalue weighted by Gasteiger charge is -2.11. The predicted molar refractivity (Wildman–Crippen MR) is 81.3 cm³/mol. The van der Waals surface area contributed by atoms with Crippen molar-refractivity contribution < 1.29 is 0 Å². The van der Waals surface area contributed by atoms with Gasteiger partial charge in [0.1, 0.15) is 0 Å². The van der Waals surface area contributed by atoms with Gasteiger partial charge in [-0.1, -0.05) is 31.5 Å². The van der Waals surface area contributed by atoms with E-state index >= 15 is 0 Å². The zero-order valence-electron chi connectivity index (χ0n) is 10.1. The van der Waals surface area contributed by atoms with Crippen LogP contribution >= 0.6 is 24.4 Å². The van der Waals surface area contributed by atoms with Crippen molar-refractivity contribution in [2.75, 3.05) is 11.5 Å². The molecule has 92 valence electrons. The van der Waals surface area contributed by atoms with E-state index in [9.17, 15) is 0 Å². The van der Waals surface area contributed by atoms with Gasteiger partial charge in [0.2, 0.25) is 0 Å². The highest BCUT2D eigenvalue weighted by Crippen LogP contribution is 2.26. The number of fused-ring (bicyclic) bond motifs is 1. The van der Waals surface area contributed by atoms with Crippen molar-refractivity contribution in [2.24, 2.45) is 5.92 Å². The second-order valence-corrected chi connectivity index (χ2v) is 5.80. The molecule has 1 aromatic carbocycles. The van der Waals surface area contributed by atoms with Gasteiger partial charge in [-0.05, 0) is 30.2 Å². The molecule has 0 fully saturated rings. The van der Waals surface area contributed by atoms with E-state index < -0.39 is 0 Å². The van der Waals surface area contributed by atoms with E-state index in [1.807, 2.05) is 11.8 Å². The second kappa shape index (κ2) is 6.41. The smallest absolute Gasteiger partial charge is 0.0732 e. The monoisotopic (exact) mass is 265 g/mol. The number of H-pyrrole nitrogens is 1. The van der Waals surface area contributed by atoms with E-state index in [0.29, 0.717) is 0 Å². The average Bonchev–Trinajstić information content (AvgIpc) is 2.77. The van der Waals surface area contributed by atoms with Crippen molar-refractivity contribution in [1.29, 1.82) is 0 Å². The molecule has 0 aliphatic rings. The molecule has 1 heterocycles. The number of nitrogens with one attached hydrogen (secondary N) is 1. The van der Waals surface area contributed by atoms with Crippen LogP contribution in [0.3, 0.4) is 0 Å². The second-order valence-electron chi connectivity index (χ2n) is 4.37. The highest BCUT2D eigenvalue weighted by molar-refractivity contribution is 7.99. The lowest BCUT2D eigenvalue weighted by atomic mass is 10.1. The first kappa shape index (κ1) is 12.9. The van der Waals surface area contributed by atoms with Crippen molar-refractivity contribution in [3.8, 4) is 0 Å². The van der Waals surface area contributed by atoms with E-state index in [1.54, 1.807) is 0 Å². The Labute approximate surface area is 113 Å². The van der Waals surface area contributed by atoms with Crippen molar-refractivity contribution in [3.05, 3.63) is 30.3 Å². The minimum Gasteiger partial charge on any atom is -0.350 e. The maximum Gasteiger partial charge on any atom is 0.0732 e. The molecule has 0 saturated heterocycles. The predicted octanol–water partition coefficient (Wildman–Crippen LogP) is 4.61. The van der Waals surface area contributed by atoms with Crippen LogP contribution in [0.25, 0.3) is 10.9 Å². The number of rotatable bonds is 6. The van der Waals surface area contributed by atoms with Gasteiger partial charge in [0, 0.05) is 16.7 Å². The number of hydrogen-bond donors (Lipinski definition) is 2. The summed E-state index contributed by atoms with van der Waals surface area (Å²) in [6.45, 7) is 2.24. The van der Waals surface area contributed by atoms with Crippen LogP contribution in [0.15, 0.2) is 35.4 Å². The van der Waals surface area contributed by atoms with Crippen LogP contribution < -0.4 is 0 Å². The third-order valence-electron chi connectivity index (χ3n) is 2.93. The molecule has 0 spiro atoms. The Morgan fingerprint density at radius 2 is 2.18 bits per heavy atom. The summed E-state index contributed by atoms with van der Waals surface area (Å²) in [5, 5.41) is 2.57. The van der Waals surface area contributed by atoms with Crippen LogP contribution in [0.2, 0.25) is 0 Å². The molecule has 1 aromatic heterocycles. The van der Waals surface area contributed by atoms with Crippen molar-refractivity contribution in [1.82, 2.24) is 4.98 Å². The normalized spacial score (nSPS) is 13.1. The van der Waals surface area contributed by atoms with Gasteiger partial charge in [-0.15, -0.1) is 11.8 Å². The minimum absolute atomic E-state index is 0.722. The van der Waals surface area contributed by atoms with Crippen LogP contribution in [0.5, 0.6) is 0 Å². The number of thiol groups is 1. The van der Waals surface area contributed by atoms with E-state index in [-0.39, 0.29) is 0 Å². The fourth-order valence-electron chi connectivity index (χ4n) is 1.97. The maximum absolute atomic E-state index is 4.42. The Balaban J connectivity index is 1.98. The molecule has 1 unspecified atom stereocenters. The molecular formula is C14H19NS2. The molecule has 0 amide bonds. The molecule has 1 atom stereocenters. The lowest BCUT2D eigenvalue weighted by Crippen LogP contribution is -2.04. The highest BCUT2D eigenvalue weighted by atomic mass is 32.2. The zero-order chi connectivity index (χ0) is 12.1. The molecule has 1 nitrogen and oxygen atoms in total. The molecular weight excluding hydrogens is 246 g/mol. The number of aromatic nitrogens is 1. The quantitative estimate of drug-likeness (QED) is 0.576. The number of para-hydroxylation sites is 1. The number of benzene rings is 1. The third-order valence-corrected chi connectivity index (χ3v) is 4.62. The van der Waals surface area contributed by atoms with Crippen LogP contribution in [0.4, 0.5) is 0 Å². The minimum atomic E-state index is 0.722. The molecule has 1 N–H and O–H groups in total. The first-order chi connectivity index (χ1) is 8.33. The first-order valence-corrected chi connectivity index (χ1v) is 7.76. The van der Waals surface area contributed by atoms with Gasteiger partial charge in [0.05, 0.1) is 5.03 Å². The van der Waals surface area contributed by atoms with Gasteiger partial charge in [-0.2, -0.15) is 12.6 Å². The third kappa shape index (κ3) is 3.46. The number of hydrogen-bond acceptors (Lipinski definition) is 2. The summed E-state index contributed by atoms with van der Waals surface area (Å²) in [5.41, 5.74) is 1.23. The van der Waals surface area contributed by atoms with Crippen LogP contribution in [-0.4, -0.2) is 16.5 Å². The van der Waals surface area contributed by atoms with Gasteiger partial charge in [0.25, 0.3) is 0 Å². The summed E-state index contributed by atoms with van der Waals surface area (Å²) >= 11 is 6.34. The van der Waals surface area contributed by atoms with Gasteiger partial charge >= 0.3 is 0 Å². The van der Waals surface area contributed by atoms with Crippen LogP contribution in [-0.2, 0) is 0 Å². The fraction of sp³-hybridized carbons (Fsp3) is 0.429.